The monoisotopic (exact) mass is 401 g/mol. The topological polar surface area (TPSA) is 87.4 Å². The number of aliphatic hydroxyl groups excluding tert-OH is 1. The number of aliphatic hydroxyl groups is 1. The summed E-state index contributed by atoms with van der Waals surface area (Å²) in [5, 5.41) is 22.1. The molecule has 0 aliphatic heterocycles. The number of Topliss-reactive ketones (excluding diaryl/α,β-unsaturated/α-hetero) is 1. The summed E-state index contributed by atoms with van der Waals surface area (Å²) < 4.78 is 5.52. The Morgan fingerprint density at radius 1 is 1.07 bits per heavy atom. The van der Waals surface area contributed by atoms with E-state index in [9.17, 15) is 20.0 Å². The van der Waals surface area contributed by atoms with Crippen LogP contribution >= 0.6 is 0 Å². The molecule has 0 aromatic carbocycles. The highest BCUT2D eigenvalue weighted by molar-refractivity contribution is 5.79. The van der Waals surface area contributed by atoms with Gasteiger partial charge in [-0.25, -0.2) is 0 Å². The molecule has 1 N–H and O–H groups in total. The van der Waals surface area contributed by atoms with Crippen LogP contribution < -0.4 is 0 Å². The van der Waals surface area contributed by atoms with Crippen molar-refractivity contribution in [1.29, 1.82) is 5.26 Å². The van der Waals surface area contributed by atoms with Gasteiger partial charge in [0.15, 0.2) is 0 Å². The van der Waals surface area contributed by atoms with Crippen LogP contribution in [-0.2, 0) is 14.3 Å². The van der Waals surface area contributed by atoms with Gasteiger partial charge in [0, 0.05) is 12.8 Å². The van der Waals surface area contributed by atoms with Gasteiger partial charge in [-0.05, 0) is 86.9 Å². The van der Waals surface area contributed by atoms with Crippen LogP contribution in [0.25, 0.3) is 0 Å². The maximum absolute atomic E-state index is 12.3. The number of rotatable bonds is 2. The minimum atomic E-state index is -0.771. The zero-order valence-corrected chi connectivity index (χ0v) is 18.2. The third kappa shape index (κ3) is 2.67. The second-order valence-electron chi connectivity index (χ2n) is 10.9. The van der Waals surface area contributed by atoms with E-state index in [0.29, 0.717) is 12.3 Å². The summed E-state index contributed by atoms with van der Waals surface area (Å²) in [6, 6.07) is 2.70. The van der Waals surface area contributed by atoms with E-state index in [0.717, 1.165) is 44.9 Å². The van der Waals surface area contributed by atoms with Crippen LogP contribution in [0, 0.1) is 51.2 Å². The van der Waals surface area contributed by atoms with E-state index in [4.69, 9.17) is 4.74 Å². The summed E-state index contributed by atoms with van der Waals surface area (Å²) in [6.45, 7) is 7.54. The predicted molar refractivity (Wildman–Crippen MR) is 107 cm³/mol. The van der Waals surface area contributed by atoms with E-state index in [1.807, 2.05) is 0 Å². The maximum Gasteiger partial charge on any atom is 0.302 e. The normalized spacial score (nSPS) is 51.2. The van der Waals surface area contributed by atoms with Crippen LogP contribution in [0.1, 0.15) is 79.1 Å². The molecule has 9 atom stereocenters. The fraction of sp³-hybridized carbons (Fsp3) is 0.875. The Kier molecular flexibility index (Phi) is 4.89. The first-order valence-electron chi connectivity index (χ1n) is 11.4. The minimum absolute atomic E-state index is 0.00377. The van der Waals surface area contributed by atoms with Gasteiger partial charge in [-0.2, -0.15) is 5.26 Å². The van der Waals surface area contributed by atoms with Gasteiger partial charge in [0.05, 0.1) is 17.6 Å². The quantitative estimate of drug-likeness (QED) is 0.706. The van der Waals surface area contributed by atoms with Crippen molar-refractivity contribution in [3.05, 3.63) is 0 Å². The number of hydrogen-bond acceptors (Lipinski definition) is 5. The summed E-state index contributed by atoms with van der Waals surface area (Å²) in [7, 11) is 0. The summed E-state index contributed by atoms with van der Waals surface area (Å²) in [4.78, 5) is 23.8. The number of carbonyl (C=O) groups is 2. The average Bonchev–Trinajstić information content (AvgIpc) is 2.97. The fourth-order valence-electron chi connectivity index (χ4n) is 8.61. The standard InChI is InChI=1S/C24H35NO4/c1-14(26)18-7-8-19-20-6-5-16-11-17(29-15(2)27)9-10-23(16,4)24(20,13-25)21(28)12-22(18,19)3/h16-21,28H,5-12H2,1-4H3/t16-,17-,18+,19-,20-,21-,22+,23-,24+/m0/s1. The number of fused-ring (bicyclic) bond motifs is 5. The average molecular weight is 402 g/mol. The molecule has 29 heavy (non-hydrogen) atoms. The number of ketones is 1. The number of hydrogen-bond donors (Lipinski definition) is 1. The number of nitriles is 1. The first-order valence-corrected chi connectivity index (χ1v) is 11.4. The molecule has 160 valence electrons. The molecular weight excluding hydrogens is 366 g/mol. The largest absolute Gasteiger partial charge is 0.463 e. The van der Waals surface area contributed by atoms with Crippen molar-refractivity contribution in [2.75, 3.05) is 0 Å². The molecule has 4 aliphatic carbocycles. The lowest BCUT2D eigenvalue weighted by molar-refractivity contribution is -0.218. The second-order valence-corrected chi connectivity index (χ2v) is 10.9. The zero-order valence-electron chi connectivity index (χ0n) is 18.2. The highest BCUT2D eigenvalue weighted by Gasteiger charge is 2.71. The van der Waals surface area contributed by atoms with Gasteiger partial charge >= 0.3 is 5.97 Å². The molecule has 0 bridgehead atoms. The van der Waals surface area contributed by atoms with Crippen LogP contribution in [0.15, 0.2) is 0 Å². The lowest BCUT2D eigenvalue weighted by Crippen LogP contribution is -2.66. The Morgan fingerprint density at radius 2 is 1.76 bits per heavy atom. The molecule has 0 radical (unpaired) electrons. The van der Waals surface area contributed by atoms with Crippen molar-refractivity contribution in [2.24, 2.45) is 39.9 Å². The van der Waals surface area contributed by atoms with Crippen molar-refractivity contribution in [2.45, 2.75) is 91.3 Å². The van der Waals surface area contributed by atoms with Gasteiger partial charge in [-0.1, -0.05) is 13.8 Å². The molecule has 5 nitrogen and oxygen atoms in total. The second kappa shape index (κ2) is 6.80. The molecule has 0 amide bonds. The van der Waals surface area contributed by atoms with E-state index in [1.54, 1.807) is 6.92 Å². The van der Waals surface area contributed by atoms with Crippen LogP contribution in [-0.4, -0.2) is 29.1 Å². The Labute approximate surface area is 174 Å². The molecule has 5 heteroatoms. The summed E-state index contributed by atoms with van der Waals surface area (Å²) >= 11 is 0. The molecular formula is C24H35NO4. The Hall–Kier alpha value is -1.41. The highest BCUT2D eigenvalue weighted by Crippen LogP contribution is 2.72. The SMILES string of the molecule is CC(=O)O[C@H]1CC[C@@]2(C)[C@@H](CC[C@H]3[C@@H]4CC[C@H](C(C)=O)[C@@]4(C)C[C@H](O)[C@@]32C#N)C1. The highest BCUT2D eigenvalue weighted by atomic mass is 16.5. The smallest absolute Gasteiger partial charge is 0.302 e. The Morgan fingerprint density at radius 3 is 2.38 bits per heavy atom. The van der Waals surface area contributed by atoms with Crippen molar-refractivity contribution in [3.8, 4) is 6.07 Å². The van der Waals surface area contributed by atoms with E-state index < -0.39 is 11.5 Å². The van der Waals surface area contributed by atoms with E-state index in [-0.39, 0.29) is 46.4 Å². The molecule has 0 aromatic rings. The van der Waals surface area contributed by atoms with Gasteiger partial charge < -0.3 is 9.84 Å². The lowest BCUT2D eigenvalue weighted by Gasteiger charge is -2.66. The predicted octanol–water partition coefficient (Wildman–Crippen LogP) is 4.03. The van der Waals surface area contributed by atoms with Gasteiger partial charge in [-0.15, -0.1) is 0 Å². The molecule has 0 saturated heterocycles. The van der Waals surface area contributed by atoms with Gasteiger partial charge in [0.25, 0.3) is 0 Å². The van der Waals surface area contributed by atoms with Crippen molar-refractivity contribution >= 4 is 11.8 Å². The molecule has 0 heterocycles. The van der Waals surface area contributed by atoms with E-state index in [1.165, 1.54) is 6.92 Å². The number of nitrogens with zero attached hydrogens (tertiary/aromatic N) is 1. The molecule has 4 saturated carbocycles. The third-order valence-corrected chi connectivity index (χ3v) is 9.85. The van der Waals surface area contributed by atoms with Crippen molar-refractivity contribution in [3.63, 3.8) is 0 Å². The molecule has 0 aromatic heterocycles. The van der Waals surface area contributed by atoms with E-state index >= 15 is 0 Å². The van der Waals surface area contributed by atoms with Crippen LogP contribution in [0.3, 0.4) is 0 Å². The molecule has 0 spiro atoms. The van der Waals surface area contributed by atoms with Crippen LogP contribution in [0.2, 0.25) is 0 Å². The van der Waals surface area contributed by atoms with Gasteiger partial charge in [0.2, 0.25) is 0 Å². The minimum Gasteiger partial charge on any atom is -0.463 e. The molecule has 4 rings (SSSR count). The molecule has 4 fully saturated rings. The summed E-state index contributed by atoms with van der Waals surface area (Å²) in [5.41, 5.74) is -1.25. The van der Waals surface area contributed by atoms with Crippen molar-refractivity contribution in [1.82, 2.24) is 0 Å². The van der Waals surface area contributed by atoms with Gasteiger partial charge in [0.1, 0.15) is 11.9 Å². The number of esters is 1. The summed E-state index contributed by atoms with van der Waals surface area (Å²) in [5.74, 6) is 0.732. The van der Waals surface area contributed by atoms with E-state index in [2.05, 4.69) is 19.9 Å². The van der Waals surface area contributed by atoms with Gasteiger partial charge in [-0.3, -0.25) is 9.59 Å². The number of carbonyl (C=O) groups excluding carboxylic acids is 2. The number of ether oxygens (including phenoxy) is 1. The third-order valence-electron chi connectivity index (χ3n) is 9.85. The van der Waals surface area contributed by atoms with Crippen molar-refractivity contribution < 1.29 is 19.4 Å². The fourth-order valence-corrected chi connectivity index (χ4v) is 8.61. The van der Waals surface area contributed by atoms with Crippen LogP contribution in [0.4, 0.5) is 0 Å². The molecule has 0 unspecified atom stereocenters. The first-order chi connectivity index (χ1) is 13.6. The maximum atomic E-state index is 12.3. The first kappa shape index (κ1) is 20.8. The molecule has 4 aliphatic rings. The van der Waals surface area contributed by atoms with Crippen LogP contribution in [0.5, 0.6) is 0 Å². The lowest BCUT2D eigenvalue weighted by atomic mass is 9.37. The Bertz CT molecular complexity index is 758. The Balaban J connectivity index is 1.71. The summed E-state index contributed by atoms with van der Waals surface area (Å²) in [6.07, 6.45) is 5.90. The zero-order chi connectivity index (χ0) is 21.2.